The minimum absolute atomic E-state index is 0.0600. The smallest absolute Gasteiger partial charge is 0.215 e. The Hall–Kier alpha value is -2.14. The predicted molar refractivity (Wildman–Crippen MR) is 85.8 cm³/mol. The molecule has 0 unspecified atom stereocenters. The van der Waals surface area contributed by atoms with Gasteiger partial charge in [-0.05, 0) is 33.2 Å². The number of aryl methyl sites for hydroxylation is 2. The van der Waals surface area contributed by atoms with E-state index in [2.05, 4.69) is 34.7 Å². The molecule has 3 aromatic rings. The van der Waals surface area contributed by atoms with Gasteiger partial charge in [0.15, 0.2) is 0 Å². The standard InChI is InChI=1S/C16H20N4O/c1-11-5-6-13-12(9-11)16(21)15-14(10-17-19(15)4)20(13)8-7-18(2)3/h5-6,9-10H,7-8H2,1-4H3. The van der Waals surface area contributed by atoms with Gasteiger partial charge in [-0.1, -0.05) is 11.6 Å². The molecule has 0 N–H and O–H groups in total. The van der Waals surface area contributed by atoms with E-state index in [1.807, 2.05) is 26.1 Å². The van der Waals surface area contributed by atoms with Gasteiger partial charge in [-0.2, -0.15) is 5.10 Å². The number of nitrogens with zero attached hydrogens (tertiary/aromatic N) is 4. The second-order valence-electron chi connectivity index (χ2n) is 5.81. The molecule has 0 aliphatic rings. The molecule has 3 rings (SSSR count). The molecule has 0 bridgehead atoms. The molecule has 0 amide bonds. The lowest BCUT2D eigenvalue weighted by Gasteiger charge is -2.16. The SMILES string of the molecule is Cc1ccc2c(c1)c(=O)c1c(cnn1C)n2CCN(C)C. The van der Waals surface area contributed by atoms with Gasteiger partial charge in [-0.3, -0.25) is 9.48 Å². The van der Waals surface area contributed by atoms with Crippen LogP contribution >= 0.6 is 0 Å². The van der Waals surface area contributed by atoms with Crippen LogP contribution in [0.4, 0.5) is 0 Å². The highest BCUT2D eigenvalue weighted by Gasteiger charge is 2.14. The van der Waals surface area contributed by atoms with Crippen LogP contribution in [-0.2, 0) is 13.6 Å². The van der Waals surface area contributed by atoms with E-state index in [4.69, 9.17) is 0 Å². The van der Waals surface area contributed by atoms with Crippen molar-refractivity contribution in [3.05, 3.63) is 40.2 Å². The normalized spacial score (nSPS) is 11.9. The van der Waals surface area contributed by atoms with Crippen LogP contribution in [0, 0.1) is 6.92 Å². The molecule has 0 spiro atoms. The van der Waals surface area contributed by atoms with Crippen LogP contribution in [-0.4, -0.2) is 39.9 Å². The van der Waals surface area contributed by atoms with Crippen molar-refractivity contribution in [2.75, 3.05) is 20.6 Å². The van der Waals surface area contributed by atoms with Crippen LogP contribution in [0.25, 0.3) is 21.9 Å². The summed E-state index contributed by atoms with van der Waals surface area (Å²) in [5.74, 6) is 0. The lowest BCUT2D eigenvalue weighted by molar-refractivity contribution is 0.389. The van der Waals surface area contributed by atoms with Crippen molar-refractivity contribution in [3.8, 4) is 0 Å². The summed E-state index contributed by atoms with van der Waals surface area (Å²) in [5.41, 5.74) is 3.71. The average molecular weight is 284 g/mol. The van der Waals surface area contributed by atoms with Crippen molar-refractivity contribution in [2.24, 2.45) is 7.05 Å². The highest BCUT2D eigenvalue weighted by Crippen LogP contribution is 2.19. The molecular formula is C16H20N4O. The molecule has 1 aromatic carbocycles. The number of hydrogen-bond acceptors (Lipinski definition) is 3. The van der Waals surface area contributed by atoms with E-state index in [1.165, 1.54) is 0 Å². The summed E-state index contributed by atoms with van der Waals surface area (Å²) in [6, 6.07) is 6.06. The molecule has 110 valence electrons. The Morgan fingerprint density at radius 2 is 2.00 bits per heavy atom. The number of rotatable bonds is 3. The first-order chi connectivity index (χ1) is 9.99. The van der Waals surface area contributed by atoms with E-state index in [9.17, 15) is 4.79 Å². The Balaban J connectivity index is 2.40. The van der Waals surface area contributed by atoms with Crippen LogP contribution in [0.3, 0.4) is 0 Å². The van der Waals surface area contributed by atoms with Gasteiger partial charge in [-0.25, -0.2) is 0 Å². The van der Waals surface area contributed by atoms with Crippen molar-refractivity contribution in [1.82, 2.24) is 19.2 Å². The maximum absolute atomic E-state index is 12.7. The van der Waals surface area contributed by atoms with E-state index in [0.29, 0.717) is 5.52 Å². The van der Waals surface area contributed by atoms with Gasteiger partial charge < -0.3 is 9.47 Å². The van der Waals surface area contributed by atoms with Crippen molar-refractivity contribution in [1.29, 1.82) is 0 Å². The quantitative estimate of drug-likeness (QED) is 0.736. The van der Waals surface area contributed by atoms with E-state index in [1.54, 1.807) is 10.9 Å². The number of hydrogen-bond donors (Lipinski definition) is 0. The minimum Gasteiger partial charge on any atom is -0.336 e. The molecule has 0 atom stereocenters. The van der Waals surface area contributed by atoms with E-state index >= 15 is 0 Å². The zero-order valence-corrected chi connectivity index (χ0v) is 12.9. The molecular weight excluding hydrogens is 264 g/mol. The zero-order chi connectivity index (χ0) is 15.1. The second kappa shape index (κ2) is 5.00. The summed E-state index contributed by atoms with van der Waals surface area (Å²) in [4.78, 5) is 14.9. The molecule has 2 heterocycles. The Labute approximate surface area is 123 Å². The Bertz CT molecular complexity index is 873. The average Bonchev–Trinajstić information content (AvgIpc) is 2.81. The van der Waals surface area contributed by atoms with E-state index < -0.39 is 0 Å². The lowest BCUT2D eigenvalue weighted by Crippen LogP contribution is -2.21. The highest BCUT2D eigenvalue weighted by molar-refractivity contribution is 5.92. The summed E-state index contributed by atoms with van der Waals surface area (Å²) in [6.07, 6.45) is 1.78. The van der Waals surface area contributed by atoms with E-state index in [0.717, 1.165) is 35.1 Å². The molecule has 5 nitrogen and oxygen atoms in total. The fourth-order valence-electron chi connectivity index (χ4n) is 2.75. The summed E-state index contributed by atoms with van der Waals surface area (Å²) < 4.78 is 3.87. The molecule has 0 aliphatic carbocycles. The topological polar surface area (TPSA) is 43.1 Å². The Morgan fingerprint density at radius 3 is 2.71 bits per heavy atom. The van der Waals surface area contributed by atoms with Gasteiger partial charge >= 0.3 is 0 Å². The van der Waals surface area contributed by atoms with Crippen LogP contribution in [0.15, 0.2) is 29.2 Å². The van der Waals surface area contributed by atoms with Crippen molar-refractivity contribution >= 4 is 21.9 Å². The molecule has 0 radical (unpaired) electrons. The van der Waals surface area contributed by atoms with Gasteiger partial charge in [0, 0.05) is 25.5 Å². The predicted octanol–water partition coefficient (Wildman–Crippen LogP) is 1.76. The van der Waals surface area contributed by atoms with Gasteiger partial charge in [-0.15, -0.1) is 0 Å². The highest BCUT2D eigenvalue weighted by atomic mass is 16.1. The van der Waals surface area contributed by atoms with Crippen LogP contribution in [0.1, 0.15) is 5.56 Å². The molecule has 2 aromatic heterocycles. The summed E-state index contributed by atoms with van der Waals surface area (Å²) in [5, 5.41) is 5.04. The molecule has 0 fully saturated rings. The number of aromatic nitrogens is 3. The monoisotopic (exact) mass is 284 g/mol. The first-order valence-electron chi connectivity index (χ1n) is 7.08. The number of benzene rings is 1. The number of pyridine rings is 1. The van der Waals surface area contributed by atoms with Crippen molar-refractivity contribution in [2.45, 2.75) is 13.5 Å². The van der Waals surface area contributed by atoms with E-state index in [-0.39, 0.29) is 5.43 Å². The summed E-state index contributed by atoms with van der Waals surface area (Å²) in [7, 11) is 5.92. The molecule has 0 saturated carbocycles. The first-order valence-corrected chi connectivity index (χ1v) is 7.08. The zero-order valence-electron chi connectivity index (χ0n) is 12.9. The summed E-state index contributed by atoms with van der Waals surface area (Å²) in [6.45, 7) is 3.75. The molecule has 0 saturated heterocycles. The third-order valence-electron chi connectivity index (χ3n) is 3.88. The van der Waals surface area contributed by atoms with Crippen molar-refractivity contribution in [3.63, 3.8) is 0 Å². The minimum atomic E-state index is 0.0600. The summed E-state index contributed by atoms with van der Waals surface area (Å²) >= 11 is 0. The Kier molecular flexibility index (Phi) is 3.29. The lowest BCUT2D eigenvalue weighted by atomic mass is 10.1. The third-order valence-corrected chi connectivity index (χ3v) is 3.88. The van der Waals surface area contributed by atoms with Crippen LogP contribution in [0.2, 0.25) is 0 Å². The fourth-order valence-corrected chi connectivity index (χ4v) is 2.75. The fraction of sp³-hybridized carbons (Fsp3) is 0.375. The number of likely N-dealkylation sites (N-methyl/N-ethyl adjacent to an activating group) is 1. The molecule has 21 heavy (non-hydrogen) atoms. The number of fused-ring (bicyclic) bond motifs is 2. The van der Waals surface area contributed by atoms with Crippen LogP contribution < -0.4 is 5.43 Å². The largest absolute Gasteiger partial charge is 0.336 e. The van der Waals surface area contributed by atoms with Gasteiger partial charge in [0.1, 0.15) is 5.52 Å². The van der Waals surface area contributed by atoms with Crippen molar-refractivity contribution < 1.29 is 0 Å². The Morgan fingerprint density at radius 1 is 1.24 bits per heavy atom. The first kappa shape index (κ1) is 13.8. The maximum Gasteiger partial charge on any atom is 0.215 e. The maximum atomic E-state index is 12.7. The second-order valence-corrected chi connectivity index (χ2v) is 5.81. The van der Waals surface area contributed by atoms with Gasteiger partial charge in [0.2, 0.25) is 5.43 Å². The van der Waals surface area contributed by atoms with Gasteiger partial charge in [0.05, 0.1) is 17.2 Å². The molecule has 0 aliphatic heterocycles. The van der Waals surface area contributed by atoms with Gasteiger partial charge in [0.25, 0.3) is 0 Å². The third kappa shape index (κ3) is 2.23. The molecule has 5 heteroatoms. The van der Waals surface area contributed by atoms with Crippen LogP contribution in [0.5, 0.6) is 0 Å².